The zero-order valence-corrected chi connectivity index (χ0v) is 13.5. The molecule has 0 bridgehead atoms. The summed E-state index contributed by atoms with van der Waals surface area (Å²) < 4.78 is 0. The molecule has 0 heterocycles. The van der Waals surface area contributed by atoms with Gasteiger partial charge in [-0.25, -0.2) is 0 Å². The van der Waals surface area contributed by atoms with Crippen molar-refractivity contribution in [3.8, 4) is 0 Å². The van der Waals surface area contributed by atoms with Crippen molar-refractivity contribution in [2.45, 2.75) is 32.2 Å². The Kier molecular flexibility index (Phi) is 6.37. The maximum absolute atomic E-state index is 11.7. The summed E-state index contributed by atoms with van der Waals surface area (Å²) >= 11 is 0. The number of aldehydes is 1. The van der Waals surface area contributed by atoms with E-state index in [1.807, 2.05) is 37.3 Å². The molecular formula is C17H28N2O. The normalized spacial score (nSPS) is 16.1. The van der Waals surface area contributed by atoms with Crippen LogP contribution >= 0.6 is 0 Å². The predicted octanol–water partition coefficient (Wildman–Crippen LogP) is 2.42. The van der Waals surface area contributed by atoms with E-state index in [1.54, 1.807) is 0 Å². The van der Waals surface area contributed by atoms with Crippen LogP contribution in [0.2, 0.25) is 0 Å². The van der Waals surface area contributed by atoms with E-state index >= 15 is 0 Å². The molecule has 1 rings (SSSR count). The van der Waals surface area contributed by atoms with E-state index in [1.165, 1.54) is 0 Å². The van der Waals surface area contributed by atoms with Gasteiger partial charge >= 0.3 is 0 Å². The Labute approximate surface area is 123 Å². The second-order valence-corrected chi connectivity index (χ2v) is 6.08. The Hall–Kier alpha value is -1.19. The zero-order chi connectivity index (χ0) is 15.2. The maximum Gasteiger partial charge on any atom is 0.131 e. The third-order valence-corrected chi connectivity index (χ3v) is 3.88. The Morgan fingerprint density at radius 3 is 2.30 bits per heavy atom. The van der Waals surface area contributed by atoms with Gasteiger partial charge in [0.1, 0.15) is 6.29 Å². The number of benzene rings is 1. The smallest absolute Gasteiger partial charge is 0.131 e. The highest BCUT2D eigenvalue weighted by molar-refractivity contribution is 5.68. The van der Waals surface area contributed by atoms with Crippen LogP contribution in [0, 0.1) is 0 Å². The highest BCUT2D eigenvalue weighted by atomic mass is 16.1. The molecule has 3 nitrogen and oxygen atoms in total. The van der Waals surface area contributed by atoms with Gasteiger partial charge in [-0.05, 0) is 40.1 Å². The van der Waals surface area contributed by atoms with Crippen LogP contribution < -0.4 is 0 Å². The Morgan fingerprint density at radius 2 is 1.85 bits per heavy atom. The Morgan fingerprint density at radius 1 is 1.25 bits per heavy atom. The van der Waals surface area contributed by atoms with Gasteiger partial charge in [0.25, 0.3) is 0 Å². The van der Waals surface area contributed by atoms with Crippen LogP contribution in [0.5, 0.6) is 0 Å². The van der Waals surface area contributed by atoms with E-state index in [9.17, 15) is 4.79 Å². The van der Waals surface area contributed by atoms with Gasteiger partial charge in [-0.15, -0.1) is 0 Å². The number of likely N-dealkylation sites (N-methyl/N-ethyl adjacent to an activating group) is 2. The topological polar surface area (TPSA) is 23.6 Å². The first kappa shape index (κ1) is 16.9. The lowest BCUT2D eigenvalue weighted by Crippen LogP contribution is -2.47. The second-order valence-electron chi connectivity index (χ2n) is 6.08. The van der Waals surface area contributed by atoms with Gasteiger partial charge in [0.15, 0.2) is 0 Å². The van der Waals surface area contributed by atoms with Crippen molar-refractivity contribution in [1.29, 1.82) is 0 Å². The Bertz CT molecular complexity index is 405. The Balaban J connectivity index is 2.87. The lowest BCUT2D eigenvalue weighted by molar-refractivity contribution is -0.113. The summed E-state index contributed by atoms with van der Waals surface area (Å²) in [6, 6.07) is 10.5. The van der Waals surface area contributed by atoms with E-state index in [4.69, 9.17) is 0 Å². The molecule has 0 aliphatic rings. The minimum absolute atomic E-state index is 0.429. The molecular weight excluding hydrogens is 248 g/mol. The minimum Gasteiger partial charge on any atom is -0.308 e. The molecule has 0 fully saturated rings. The largest absolute Gasteiger partial charge is 0.308 e. The average molecular weight is 276 g/mol. The van der Waals surface area contributed by atoms with E-state index < -0.39 is 5.41 Å². The lowest BCUT2D eigenvalue weighted by Gasteiger charge is -2.36. The van der Waals surface area contributed by atoms with Crippen LogP contribution in [-0.2, 0) is 10.2 Å². The molecule has 0 aromatic heterocycles. The number of hydrogen-bond acceptors (Lipinski definition) is 3. The lowest BCUT2D eigenvalue weighted by atomic mass is 9.83. The van der Waals surface area contributed by atoms with Crippen LogP contribution in [0.3, 0.4) is 0 Å². The van der Waals surface area contributed by atoms with E-state index in [0.29, 0.717) is 6.04 Å². The first-order valence-corrected chi connectivity index (χ1v) is 7.33. The molecule has 0 saturated heterocycles. The molecule has 2 atom stereocenters. The summed E-state index contributed by atoms with van der Waals surface area (Å²) in [5.74, 6) is 0. The van der Waals surface area contributed by atoms with Gasteiger partial charge in [0, 0.05) is 19.1 Å². The predicted molar refractivity (Wildman–Crippen MR) is 85.1 cm³/mol. The van der Waals surface area contributed by atoms with Gasteiger partial charge in [0.05, 0.1) is 5.41 Å². The average Bonchev–Trinajstić information content (AvgIpc) is 2.44. The molecule has 1 aromatic carbocycles. The van der Waals surface area contributed by atoms with Gasteiger partial charge < -0.3 is 9.69 Å². The third-order valence-electron chi connectivity index (χ3n) is 3.88. The van der Waals surface area contributed by atoms with Crippen molar-refractivity contribution >= 4 is 6.29 Å². The molecule has 2 unspecified atom stereocenters. The summed E-state index contributed by atoms with van der Waals surface area (Å²) in [4.78, 5) is 16.3. The van der Waals surface area contributed by atoms with E-state index in [-0.39, 0.29) is 0 Å². The van der Waals surface area contributed by atoms with E-state index in [0.717, 1.165) is 31.5 Å². The minimum atomic E-state index is -0.447. The molecule has 0 spiro atoms. The first-order valence-electron chi connectivity index (χ1n) is 7.33. The van der Waals surface area contributed by atoms with Crippen LogP contribution in [-0.4, -0.2) is 55.9 Å². The maximum atomic E-state index is 11.7. The van der Waals surface area contributed by atoms with Crippen molar-refractivity contribution in [3.63, 3.8) is 0 Å². The van der Waals surface area contributed by atoms with Crippen molar-refractivity contribution in [2.75, 3.05) is 33.7 Å². The summed E-state index contributed by atoms with van der Waals surface area (Å²) in [6.07, 6.45) is 1.09. The summed E-state index contributed by atoms with van der Waals surface area (Å²) in [6.45, 7) is 9.11. The number of rotatable bonds is 8. The van der Waals surface area contributed by atoms with Crippen molar-refractivity contribution in [3.05, 3.63) is 35.9 Å². The fraction of sp³-hybridized carbons (Fsp3) is 0.588. The van der Waals surface area contributed by atoms with Crippen LogP contribution in [0.25, 0.3) is 0 Å². The molecule has 1 aromatic rings. The van der Waals surface area contributed by atoms with E-state index in [2.05, 4.69) is 37.7 Å². The van der Waals surface area contributed by atoms with Crippen molar-refractivity contribution < 1.29 is 4.79 Å². The standard InChI is InChI=1S/C17H28N2O/c1-6-19(15(2)12-18(4)5)13-17(3,14-20)16-10-8-7-9-11-16/h7-11,14-15H,6,12-13H2,1-5H3. The van der Waals surface area contributed by atoms with Crippen molar-refractivity contribution in [2.24, 2.45) is 0 Å². The summed E-state index contributed by atoms with van der Waals surface area (Å²) in [5.41, 5.74) is 0.642. The molecule has 3 heteroatoms. The van der Waals surface area contributed by atoms with Gasteiger partial charge in [-0.2, -0.15) is 0 Å². The highest BCUT2D eigenvalue weighted by Gasteiger charge is 2.30. The monoisotopic (exact) mass is 276 g/mol. The number of carbonyl (C=O) groups is 1. The molecule has 112 valence electrons. The van der Waals surface area contributed by atoms with Crippen molar-refractivity contribution in [1.82, 2.24) is 9.80 Å². The van der Waals surface area contributed by atoms with Crippen LogP contribution in [0.1, 0.15) is 26.3 Å². The first-order chi connectivity index (χ1) is 9.42. The fourth-order valence-electron chi connectivity index (χ4n) is 2.66. The molecule has 0 saturated carbocycles. The van der Waals surface area contributed by atoms with Gasteiger partial charge in [-0.3, -0.25) is 4.90 Å². The summed E-state index contributed by atoms with van der Waals surface area (Å²) in [5, 5.41) is 0. The molecule has 0 N–H and O–H groups in total. The molecule has 0 radical (unpaired) electrons. The van der Waals surface area contributed by atoms with Gasteiger partial charge in [0.2, 0.25) is 0 Å². The summed E-state index contributed by atoms with van der Waals surface area (Å²) in [7, 11) is 4.17. The molecule has 0 aliphatic carbocycles. The zero-order valence-electron chi connectivity index (χ0n) is 13.5. The molecule has 0 aliphatic heterocycles. The number of hydrogen-bond donors (Lipinski definition) is 0. The fourth-order valence-corrected chi connectivity index (χ4v) is 2.66. The quantitative estimate of drug-likeness (QED) is 0.681. The molecule has 0 amide bonds. The van der Waals surface area contributed by atoms with Crippen LogP contribution in [0.15, 0.2) is 30.3 Å². The SMILES string of the molecule is CCN(CC(C)(C=O)c1ccccc1)C(C)CN(C)C. The second kappa shape index (κ2) is 7.55. The van der Waals surface area contributed by atoms with Gasteiger partial charge in [-0.1, -0.05) is 37.3 Å². The van der Waals surface area contributed by atoms with Crippen LogP contribution in [0.4, 0.5) is 0 Å². The third kappa shape index (κ3) is 4.43. The number of carbonyl (C=O) groups excluding carboxylic acids is 1. The molecule has 20 heavy (non-hydrogen) atoms. The number of nitrogens with zero attached hydrogens (tertiary/aromatic N) is 2. The highest BCUT2D eigenvalue weighted by Crippen LogP contribution is 2.23.